The number of amides is 1. The number of aliphatic hydroxyl groups excluding tert-OH is 3. The topological polar surface area (TPSA) is 89.8 Å². The fraction of sp³-hybridized carbons (Fsp3) is 0.917. The molecule has 0 heterocycles. The molecule has 1 amide bonds. The predicted molar refractivity (Wildman–Crippen MR) is 176 cm³/mol. The van der Waals surface area contributed by atoms with Crippen molar-refractivity contribution in [1.29, 1.82) is 0 Å². The first-order chi connectivity index (χ1) is 20.1. The van der Waals surface area contributed by atoms with Gasteiger partial charge in [0.05, 0.1) is 18.8 Å². The third-order valence-corrected chi connectivity index (χ3v) is 8.38. The molecule has 0 unspecified atom stereocenters. The van der Waals surface area contributed by atoms with Crippen LogP contribution >= 0.6 is 0 Å². The van der Waals surface area contributed by atoms with Crippen LogP contribution in [0.2, 0.25) is 0 Å². The number of carbonyl (C=O) groups is 1. The van der Waals surface area contributed by atoms with E-state index in [1.165, 1.54) is 135 Å². The van der Waals surface area contributed by atoms with Crippen LogP contribution in [0.15, 0.2) is 12.2 Å². The number of allylic oxidation sites excluding steroid dienone is 1. The van der Waals surface area contributed by atoms with Gasteiger partial charge in [0.1, 0.15) is 6.10 Å². The van der Waals surface area contributed by atoms with Crippen molar-refractivity contribution in [1.82, 2.24) is 5.32 Å². The molecule has 3 atom stereocenters. The van der Waals surface area contributed by atoms with Gasteiger partial charge in [-0.05, 0) is 19.3 Å². The van der Waals surface area contributed by atoms with E-state index in [1.54, 1.807) is 6.08 Å². The quantitative estimate of drug-likeness (QED) is 0.0471. The largest absolute Gasteiger partial charge is 0.394 e. The van der Waals surface area contributed by atoms with Crippen LogP contribution in [0.3, 0.4) is 0 Å². The van der Waals surface area contributed by atoms with Crippen molar-refractivity contribution in [2.75, 3.05) is 6.61 Å². The van der Waals surface area contributed by atoms with Crippen molar-refractivity contribution in [3.63, 3.8) is 0 Å². The van der Waals surface area contributed by atoms with Crippen molar-refractivity contribution in [3.8, 4) is 0 Å². The molecule has 4 N–H and O–H groups in total. The van der Waals surface area contributed by atoms with E-state index in [2.05, 4.69) is 19.2 Å². The summed E-state index contributed by atoms with van der Waals surface area (Å²) in [6.07, 6.45) is 35.0. The Morgan fingerprint density at radius 2 is 0.951 bits per heavy atom. The summed E-state index contributed by atoms with van der Waals surface area (Å²) in [5.74, 6) is -0.503. The predicted octanol–water partition coefficient (Wildman–Crippen LogP) is 9.31. The lowest BCUT2D eigenvalue weighted by atomic mass is 10.0. The molecule has 244 valence electrons. The number of nitrogens with one attached hydrogen (secondary N) is 1. The van der Waals surface area contributed by atoms with Crippen molar-refractivity contribution in [2.45, 2.75) is 205 Å². The van der Waals surface area contributed by atoms with Crippen molar-refractivity contribution in [3.05, 3.63) is 12.2 Å². The Kier molecular flexibility index (Phi) is 31.3. The summed E-state index contributed by atoms with van der Waals surface area (Å²) in [5, 5.41) is 32.9. The van der Waals surface area contributed by atoms with Gasteiger partial charge >= 0.3 is 0 Å². The summed E-state index contributed by atoms with van der Waals surface area (Å²) >= 11 is 0. The molecule has 5 nitrogen and oxygen atoms in total. The van der Waals surface area contributed by atoms with Gasteiger partial charge in [-0.15, -0.1) is 0 Å². The van der Waals surface area contributed by atoms with Gasteiger partial charge in [-0.3, -0.25) is 4.79 Å². The molecule has 0 bridgehead atoms. The van der Waals surface area contributed by atoms with Crippen molar-refractivity contribution < 1.29 is 20.1 Å². The first-order valence-electron chi connectivity index (χ1n) is 18.0. The van der Waals surface area contributed by atoms with Gasteiger partial charge in [-0.1, -0.05) is 180 Å². The van der Waals surface area contributed by atoms with Crippen LogP contribution in [0.5, 0.6) is 0 Å². The van der Waals surface area contributed by atoms with Gasteiger partial charge in [0.2, 0.25) is 5.91 Å². The van der Waals surface area contributed by atoms with Crippen LogP contribution in [0, 0.1) is 0 Å². The maximum absolute atomic E-state index is 12.4. The minimum Gasteiger partial charge on any atom is -0.394 e. The highest BCUT2D eigenvalue weighted by atomic mass is 16.3. The minimum atomic E-state index is -1.09. The summed E-state index contributed by atoms with van der Waals surface area (Å²) in [7, 11) is 0. The van der Waals surface area contributed by atoms with E-state index >= 15 is 0 Å². The van der Waals surface area contributed by atoms with E-state index in [9.17, 15) is 20.1 Å². The Morgan fingerprint density at radius 3 is 1.34 bits per heavy atom. The summed E-state index contributed by atoms with van der Waals surface area (Å²) < 4.78 is 0. The zero-order valence-corrected chi connectivity index (χ0v) is 27.4. The summed E-state index contributed by atoms with van der Waals surface area (Å²) in [5.41, 5.74) is 0. The molecule has 0 radical (unpaired) electrons. The van der Waals surface area contributed by atoms with Gasteiger partial charge in [0.25, 0.3) is 0 Å². The Balaban J connectivity index is 3.74. The molecule has 0 aromatic carbocycles. The molecule has 0 aromatic rings. The fourth-order valence-corrected chi connectivity index (χ4v) is 5.48. The number of hydrogen-bond donors (Lipinski definition) is 4. The smallest absolute Gasteiger partial charge is 0.249 e. The van der Waals surface area contributed by atoms with Gasteiger partial charge < -0.3 is 20.6 Å². The van der Waals surface area contributed by atoms with E-state index < -0.39 is 24.2 Å². The van der Waals surface area contributed by atoms with Gasteiger partial charge in [0, 0.05) is 0 Å². The molecule has 0 aliphatic rings. The summed E-state index contributed by atoms with van der Waals surface area (Å²) in [4.78, 5) is 12.4. The van der Waals surface area contributed by atoms with Gasteiger partial charge in [-0.25, -0.2) is 0 Å². The lowest BCUT2D eigenvalue weighted by molar-refractivity contribution is -0.131. The Hall–Kier alpha value is -0.910. The van der Waals surface area contributed by atoms with E-state index in [4.69, 9.17) is 0 Å². The molecule has 0 saturated heterocycles. The van der Waals surface area contributed by atoms with Crippen LogP contribution in [-0.2, 0) is 4.79 Å². The van der Waals surface area contributed by atoms with Crippen LogP contribution < -0.4 is 5.32 Å². The molecule has 41 heavy (non-hydrogen) atoms. The van der Waals surface area contributed by atoms with Crippen molar-refractivity contribution >= 4 is 5.91 Å². The Labute approximate surface area is 255 Å². The minimum absolute atomic E-state index is 0.360. The molecule has 0 aliphatic heterocycles. The standard InChI is InChI=1S/C36H71NO4/c1-3-5-7-9-11-13-15-17-19-21-23-25-27-29-31-35(40)36(41)37-33(32-38)34(39)30-28-26-24-22-20-18-16-14-12-10-8-6-4-2/h28,30,33-35,38-40H,3-27,29,31-32H2,1-2H3,(H,37,41)/b30-28+/t33-,34+,35+/m0/s1. The molecule has 0 spiro atoms. The normalized spacial score (nSPS) is 14.0. The second-order valence-corrected chi connectivity index (χ2v) is 12.4. The van der Waals surface area contributed by atoms with Crippen molar-refractivity contribution in [2.24, 2.45) is 0 Å². The van der Waals surface area contributed by atoms with E-state index in [0.29, 0.717) is 6.42 Å². The molecule has 0 rings (SSSR count). The second-order valence-electron chi connectivity index (χ2n) is 12.4. The number of rotatable bonds is 32. The van der Waals surface area contributed by atoms with Crippen LogP contribution in [-0.4, -0.2) is 46.1 Å². The number of unbranched alkanes of at least 4 members (excludes halogenated alkanes) is 24. The highest BCUT2D eigenvalue weighted by Gasteiger charge is 2.22. The zero-order chi connectivity index (χ0) is 30.2. The molecule has 0 aromatic heterocycles. The third-order valence-electron chi connectivity index (χ3n) is 8.38. The molecular weight excluding hydrogens is 510 g/mol. The average molecular weight is 582 g/mol. The monoisotopic (exact) mass is 582 g/mol. The van der Waals surface area contributed by atoms with Crippen LogP contribution in [0.1, 0.15) is 187 Å². The summed E-state index contributed by atoms with van der Waals surface area (Å²) in [6, 6.07) is -0.790. The lowest BCUT2D eigenvalue weighted by Gasteiger charge is -2.21. The first kappa shape index (κ1) is 40.1. The number of aliphatic hydroxyl groups is 3. The summed E-state index contributed by atoms with van der Waals surface area (Å²) in [6.45, 7) is 4.16. The number of carbonyl (C=O) groups excluding carboxylic acids is 1. The second kappa shape index (κ2) is 32.0. The van der Waals surface area contributed by atoms with Gasteiger partial charge in [0.15, 0.2) is 0 Å². The SMILES string of the molecule is CCCCCCCCCCCCC/C=C/[C@@H](O)[C@H](CO)NC(=O)[C@H](O)CCCCCCCCCCCCCCCC. The Bertz CT molecular complexity index is 568. The maximum atomic E-state index is 12.4. The highest BCUT2D eigenvalue weighted by molar-refractivity contribution is 5.80. The number of hydrogen-bond acceptors (Lipinski definition) is 4. The molecule has 0 aliphatic carbocycles. The van der Waals surface area contributed by atoms with E-state index in [0.717, 1.165) is 32.1 Å². The third kappa shape index (κ3) is 27.7. The van der Waals surface area contributed by atoms with E-state index in [1.807, 2.05) is 6.08 Å². The van der Waals surface area contributed by atoms with Crippen LogP contribution in [0.4, 0.5) is 0 Å². The highest BCUT2D eigenvalue weighted by Crippen LogP contribution is 2.15. The molecule has 0 saturated carbocycles. The molecule has 0 fully saturated rings. The zero-order valence-electron chi connectivity index (χ0n) is 27.4. The molecule has 5 heteroatoms. The van der Waals surface area contributed by atoms with E-state index in [-0.39, 0.29) is 6.61 Å². The Morgan fingerprint density at radius 1 is 0.585 bits per heavy atom. The lowest BCUT2D eigenvalue weighted by Crippen LogP contribution is -2.48. The fourth-order valence-electron chi connectivity index (χ4n) is 5.48. The first-order valence-corrected chi connectivity index (χ1v) is 18.0. The maximum Gasteiger partial charge on any atom is 0.249 e. The average Bonchev–Trinajstić information content (AvgIpc) is 2.98. The van der Waals surface area contributed by atoms with Gasteiger partial charge in [-0.2, -0.15) is 0 Å². The molecular formula is C36H71NO4. The van der Waals surface area contributed by atoms with Crippen LogP contribution in [0.25, 0.3) is 0 Å².